The van der Waals surface area contributed by atoms with E-state index in [0.29, 0.717) is 5.69 Å². The van der Waals surface area contributed by atoms with Gasteiger partial charge in [-0.1, -0.05) is 0 Å². The number of aromatic nitrogens is 2. The summed E-state index contributed by atoms with van der Waals surface area (Å²) in [6.07, 6.45) is 1.59. The molecule has 0 spiro atoms. The molecule has 0 amide bonds. The summed E-state index contributed by atoms with van der Waals surface area (Å²) in [7, 11) is 0. The fraction of sp³-hybridized carbons (Fsp3) is 0.200. The van der Waals surface area contributed by atoms with Gasteiger partial charge in [-0.05, 0) is 6.92 Å². The van der Waals surface area contributed by atoms with Crippen molar-refractivity contribution in [2.45, 2.75) is 13.5 Å². The highest BCUT2D eigenvalue weighted by atomic mass is 32.1. The average molecular weight is 284 g/mol. The van der Waals surface area contributed by atoms with Crippen LogP contribution in [-0.2, 0) is 11.3 Å². The summed E-state index contributed by atoms with van der Waals surface area (Å²) in [6.45, 7) is 1.79. The van der Waals surface area contributed by atoms with Gasteiger partial charge in [-0.3, -0.25) is 0 Å². The first-order chi connectivity index (χ1) is 8.56. The maximum Gasteiger partial charge on any atom is 0.367 e. The standard InChI is InChI=1S/C10H8N2O4S2/c1-5-2-11-8(18-5)10(15)16-3-6-4-17-7(12-6)9(13)14/h2,4H,3H2,1H3,(H,13,14). The Morgan fingerprint density at radius 1 is 1.44 bits per heavy atom. The molecule has 2 rings (SSSR count). The van der Waals surface area contributed by atoms with Crippen molar-refractivity contribution >= 4 is 34.6 Å². The van der Waals surface area contributed by atoms with E-state index >= 15 is 0 Å². The van der Waals surface area contributed by atoms with Gasteiger partial charge in [0.05, 0.1) is 5.69 Å². The summed E-state index contributed by atoms with van der Waals surface area (Å²) in [5, 5.41) is 10.5. The van der Waals surface area contributed by atoms with Crippen LogP contribution in [-0.4, -0.2) is 27.0 Å². The molecule has 6 nitrogen and oxygen atoms in total. The molecular formula is C10H8N2O4S2. The smallest absolute Gasteiger partial charge is 0.367 e. The predicted molar refractivity (Wildman–Crippen MR) is 65.0 cm³/mol. The maximum atomic E-state index is 11.6. The molecule has 0 aliphatic carbocycles. The second kappa shape index (κ2) is 5.23. The number of carbonyl (C=O) groups excluding carboxylic acids is 1. The molecule has 0 atom stereocenters. The largest absolute Gasteiger partial charge is 0.476 e. The van der Waals surface area contributed by atoms with E-state index in [-0.39, 0.29) is 16.6 Å². The highest BCUT2D eigenvalue weighted by Gasteiger charge is 2.14. The minimum Gasteiger partial charge on any atom is -0.476 e. The van der Waals surface area contributed by atoms with Crippen LogP contribution >= 0.6 is 22.7 Å². The monoisotopic (exact) mass is 284 g/mol. The number of esters is 1. The third-order valence-corrected chi connectivity index (χ3v) is 3.65. The van der Waals surface area contributed by atoms with Crippen molar-refractivity contribution in [1.82, 2.24) is 9.97 Å². The minimum absolute atomic E-state index is 0.0221. The molecule has 2 aromatic rings. The van der Waals surface area contributed by atoms with E-state index in [1.165, 1.54) is 11.3 Å². The molecule has 1 N–H and O–H groups in total. The van der Waals surface area contributed by atoms with Crippen molar-refractivity contribution in [3.63, 3.8) is 0 Å². The average Bonchev–Trinajstić information content (AvgIpc) is 2.94. The quantitative estimate of drug-likeness (QED) is 0.863. The zero-order valence-electron chi connectivity index (χ0n) is 9.24. The third kappa shape index (κ3) is 2.90. The maximum absolute atomic E-state index is 11.6. The van der Waals surface area contributed by atoms with E-state index in [2.05, 4.69) is 9.97 Å². The van der Waals surface area contributed by atoms with Crippen LogP contribution in [0.25, 0.3) is 0 Å². The zero-order valence-corrected chi connectivity index (χ0v) is 10.9. The number of carboxylic acids is 1. The third-order valence-electron chi connectivity index (χ3n) is 1.88. The summed E-state index contributed by atoms with van der Waals surface area (Å²) >= 11 is 2.24. The summed E-state index contributed by atoms with van der Waals surface area (Å²) < 4.78 is 4.98. The molecule has 18 heavy (non-hydrogen) atoms. The topological polar surface area (TPSA) is 89.4 Å². The molecule has 0 bridgehead atoms. The number of aromatic carboxylic acids is 1. The SMILES string of the molecule is Cc1cnc(C(=O)OCc2csc(C(=O)O)n2)s1. The molecule has 0 saturated heterocycles. The summed E-state index contributed by atoms with van der Waals surface area (Å²) in [4.78, 5) is 30.8. The van der Waals surface area contributed by atoms with E-state index in [0.717, 1.165) is 16.2 Å². The van der Waals surface area contributed by atoms with Crippen LogP contribution in [0.3, 0.4) is 0 Å². The van der Waals surface area contributed by atoms with Crippen LogP contribution in [0.1, 0.15) is 30.2 Å². The molecular weight excluding hydrogens is 276 g/mol. The summed E-state index contributed by atoms with van der Waals surface area (Å²) in [5.74, 6) is -1.62. The number of thiazole rings is 2. The van der Waals surface area contributed by atoms with Crippen molar-refractivity contribution in [3.05, 3.63) is 32.2 Å². The lowest BCUT2D eigenvalue weighted by Gasteiger charge is -1.98. The van der Waals surface area contributed by atoms with Crippen LogP contribution in [0.15, 0.2) is 11.6 Å². The Morgan fingerprint density at radius 3 is 2.78 bits per heavy atom. The number of ether oxygens (including phenoxy) is 1. The van der Waals surface area contributed by atoms with Crippen molar-refractivity contribution < 1.29 is 19.4 Å². The molecule has 94 valence electrons. The van der Waals surface area contributed by atoms with Gasteiger partial charge in [0.2, 0.25) is 10.0 Å². The van der Waals surface area contributed by atoms with Crippen molar-refractivity contribution in [3.8, 4) is 0 Å². The Morgan fingerprint density at radius 2 is 2.22 bits per heavy atom. The number of carbonyl (C=O) groups is 2. The fourth-order valence-corrected chi connectivity index (χ4v) is 2.42. The first-order valence-corrected chi connectivity index (χ1v) is 6.53. The molecule has 0 fully saturated rings. The molecule has 0 aliphatic rings. The highest BCUT2D eigenvalue weighted by Crippen LogP contribution is 2.14. The van der Waals surface area contributed by atoms with E-state index in [9.17, 15) is 9.59 Å². The Hall–Kier alpha value is -1.80. The van der Waals surface area contributed by atoms with Crippen LogP contribution in [0.4, 0.5) is 0 Å². The van der Waals surface area contributed by atoms with E-state index in [1.807, 2.05) is 6.92 Å². The van der Waals surface area contributed by atoms with Crippen molar-refractivity contribution in [2.75, 3.05) is 0 Å². The van der Waals surface area contributed by atoms with Crippen LogP contribution in [0.5, 0.6) is 0 Å². The molecule has 0 radical (unpaired) electrons. The molecule has 0 saturated carbocycles. The number of hydrogen-bond donors (Lipinski definition) is 1. The van der Waals surface area contributed by atoms with E-state index < -0.39 is 11.9 Å². The molecule has 8 heteroatoms. The van der Waals surface area contributed by atoms with Gasteiger partial charge in [-0.2, -0.15) is 0 Å². The Bertz CT molecular complexity index is 590. The normalized spacial score (nSPS) is 10.3. The van der Waals surface area contributed by atoms with Crippen LogP contribution in [0, 0.1) is 6.92 Å². The molecule has 0 unspecified atom stereocenters. The number of carboxylic acid groups (broad SMARTS) is 1. The van der Waals surface area contributed by atoms with E-state index in [1.54, 1.807) is 11.6 Å². The second-order valence-electron chi connectivity index (χ2n) is 3.30. The van der Waals surface area contributed by atoms with Gasteiger partial charge in [-0.25, -0.2) is 19.6 Å². The summed E-state index contributed by atoms with van der Waals surface area (Å²) in [5.41, 5.74) is 0.416. The molecule has 0 aliphatic heterocycles. The first kappa shape index (κ1) is 12.7. The number of nitrogens with zero attached hydrogens (tertiary/aromatic N) is 2. The number of aryl methyl sites for hydroxylation is 1. The summed E-state index contributed by atoms with van der Waals surface area (Å²) in [6, 6.07) is 0. The minimum atomic E-state index is -1.09. The fourth-order valence-electron chi connectivity index (χ4n) is 1.12. The van der Waals surface area contributed by atoms with Gasteiger partial charge < -0.3 is 9.84 Å². The van der Waals surface area contributed by atoms with Crippen molar-refractivity contribution in [1.29, 1.82) is 0 Å². The van der Waals surface area contributed by atoms with Gasteiger partial charge in [0, 0.05) is 16.5 Å². The van der Waals surface area contributed by atoms with Gasteiger partial charge >= 0.3 is 11.9 Å². The second-order valence-corrected chi connectivity index (χ2v) is 5.39. The van der Waals surface area contributed by atoms with Gasteiger partial charge in [0.15, 0.2) is 0 Å². The first-order valence-electron chi connectivity index (χ1n) is 4.83. The Balaban J connectivity index is 1.95. The lowest BCUT2D eigenvalue weighted by atomic mass is 10.5. The Labute approximate surface area is 110 Å². The van der Waals surface area contributed by atoms with Gasteiger partial charge in [0.1, 0.15) is 6.61 Å². The predicted octanol–water partition coefficient (Wildman–Crippen LogP) is 1.96. The molecule has 0 aromatic carbocycles. The number of hydrogen-bond acceptors (Lipinski definition) is 7. The highest BCUT2D eigenvalue weighted by molar-refractivity contribution is 7.13. The van der Waals surface area contributed by atoms with Crippen molar-refractivity contribution in [2.24, 2.45) is 0 Å². The van der Waals surface area contributed by atoms with Crippen LogP contribution in [0.2, 0.25) is 0 Å². The van der Waals surface area contributed by atoms with Gasteiger partial charge in [-0.15, -0.1) is 22.7 Å². The van der Waals surface area contributed by atoms with E-state index in [4.69, 9.17) is 9.84 Å². The molecule has 2 heterocycles. The lowest BCUT2D eigenvalue weighted by Crippen LogP contribution is -2.05. The zero-order chi connectivity index (χ0) is 13.1. The number of rotatable bonds is 4. The Kier molecular flexibility index (Phi) is 3.68. The molecule has 2 aromatic heterocycles. The van der Waals surface area contributed by atoms with Crippen LogP contribution < -0.4 is 0 Å². The lowest BCUT2D eigenvalue weighted by molar-refractivity contribution is 0.0468. The van der Waals surface area contributed by atoms with Gasteiger partial charge in [0.25, 0.3) is 0 Å².